The summed E-state index contributed by atoms with van der Waals surface area (Å²) in [6.07, 6.45) is 0.186. The van der Waals surface area contributed by atoms with Gasteiger partial charge in [0, 0.05) is 19.1 Å². The number of benzene rings is 1. The molecule has 1 amide bonds. The van der Waals surface area contributed by atoms with Gasteiger partial charge < -0.3 is 25.0 Å². The maximum absolute atomic E-state index is 12.1. The highest BCUT2D eigenvalue weighted by Crippen LogP contribution is 2.25. The number of carboxylic acids is 1. The smallest absolute Gasteiger partial charge is 0.331 e. The average Bonchev–Trinajstić information content (AvgIpc) is 2.88. The van der Waals surface area contributed by atoms with Gasteiger partial charge in [0.25, 0.3) is 5.91 Å². The third-order valence-corrected chi connectivity index (χ3v) is 3.23. The van der Waals surface area contributed by atoms with E-state index in [1.54, 1.807) is 0 Å². The van der Waals surface area contributed by atoms with Gasteiger partial charge in [0.15, 0.2) is 5.54 Å². The summed E-state index contributed by atoms with van der Waals surface area (Å²) in [5.74, 6) is -1.70. The summed E-state index contributed by atoms with van der Waals surface area (Å²) in [6, 6.07) is 4.16. The molecule has 1 aliphatic heterocycles. The van der Waals surface area contributed by atoms with Gasteiger partial charge >= 0.3 is 5.97 Å². The number of carbonyl (C=O) groups excluding carboxylic acids is 1. The number of aromatic hydroxyl groups is 1. The van der Waals surface area contributed by atoms with E-state index in [2.05, 4.69) is 5.32 Å². The molecule has 0 aliphatic carbocycles. The lowest BCUT2D eigenvalue weighted by Crippen LogP contribution is -2.55. The van der Waals surface area contributed by atoms with Crippen LogP contribution in [0.15, 0.2) is 18.2 Å². The topological polar surface area (TPSA) is 105 Å². The molecule has 2 rings (SSSR count). The highest BCUT2D eigenvalue weighted by Gasteiger charge is 2.44. The Morgan fingerprint density at radius 2 is 2.20 bits per heavy atom. The number of carbonyl (C=O) groups is 2. The van der Waals surface area contributed by atoms with Gasteiger partial charge in [-0.3, -0.25) is 4.79 Å². The lowest BCUT2D eigenvalue weighted by molar-refractivity contribution is -0.144. The van der Waals surface area contributed by atoms with E-state index < -0.39 is 17.4 Å². The number of methoxy groups -OCH3 is 1. The number of rotatable bonds is 4. The first-order valence-electron chi connectivity index (χ1n) is 5.99. The van der Waals surface area contributed by atoms with Crippen molar-refractivity contribution >= 4 is 11.9 Å². The van der Waals surface area contributed by atoms with Gasteiger partial charge in [-0.2, -0.15) is 0 Å². The number of amides is 1. The molecule has 7 heteroatoms. The van der Waals surface area contributed by atoms with E-state index in [0.29, 0.717) is 5.75 Å². The van der Waals surface area contributed by atoms with Gasteiger partial charge in [-0.05, 0) is 12.1 Å². The van der Waals surface area contributed by atoms with Crippen molar-refractivity contribution in [1.29, 1.82) is 0 Å². The quantitative estimate of drug-likeness (QED) is 0.736. The lowest BCUT2D eigenvalue weighted by atomic mass is 9.98. The van der Waals surface area contributed by atoms with Crippen LogP contribution in [0.4, 0.5) is 0 Å². The SMILES string of the molecule is COc1ccc(C(=O)NC2(C(=O)O)CCOC2)c(O)c1. The molecule has 108 valence electrons. The highest BCUT2D eigenvalue weighted by molar-refractivity contribution is 6.00. The number of hydrogen-bond donors (Lipinski definition) is 3. The number of carboxylic acid groups (broad SMARTS) is 1. The molecule has 0 spiro atoms. The number of nitrogens with one attached hydrogen (secondary N) is 1. The highest BCUT2D eigenvalue weighted by atomic mass is 16.5. The fraction of sp³-hybridized carbons (Fsp3) is 0.385. The van der Waals surface area contributed by atoms with Crippen molar-refractivity contribution in [2.45, 2.75) is 12.0 Å². The van der Waals surface area contributed by atoms with Crippen LogP contribution in [0.5, 0.6) is 11.5 Å². The predicted molar refractivity (Wildman–Crippen MR) is 67.9 cm³/mol. The molecular weight excluding hydrogens is 266 g/mol. The van der Waals surface area contributed by atoms with Crippen LogP contribution in [0.25, 0.3) is 0 Å². The van der Waals surface area contributed by atoms with Crippen molar-refractivity contribution in [3.8, 4) is 11.5 Å². The number of aliphatic carboxylic acids is 1. The Labute approximate surface area is 115 Å². The van der Waals surface area contributed by atoms with Crippen LogP contribution in [0.1, 0.15) is 16.8 Å². The molecule has 1 saturated heterocycles. The molecule has 1 atom stereocenters. The molecule has 1 aromatic carbocycles. The fourth-order valence-corrected chi connectivity index (χ4v) is 2.00. The van der Waals surface area contributed by atoms with Crippen LogP contribution in [-0.2, 0) is 9.53 Å². The maximum Gasteiger partial charge on any atom is 0.331 e. The van der Waals surface area contributed by atoms with Crippen molar-refractivity contribution in [3.05, 3.63) is 23.8 Å². The van der Waals surface area contributed by atoms with Crippen molar-refractivity contribution < 1.29 is 29.3 Å². The van der Waals surface area contributed by atoms with Crippen LogP contribution in [0.2, 0.25) is 0 Å². The predicted octanol–water partition coefficient (Wildman–Crippen LogP) is 0.374. The summed E-state index contributed by atoms with van der Waals surface area (Å²) in [5, 5.41) is 21.4. The monoisotopic (exact) mass is 281 g/mol. The van der Waals surface area contributed by atoms with Crippen molar-refractivity contribution in [2.24, 2.45) is 0 Å². The molecule has 1 unspecified atom stereocenters. The second-order valence-corrected chi connectivity index (χ2v) is 4.53. The van der Waals surface area contributed by atoms with Gasteiger partial charge in [-0.15, -0.1) is 0 Å². The van der Waals surface area contributed by atoms with E-state index in [9.17, 15) is 19.8 Å². The second-order valence-electron chi connectivity index (χ2n) is 4.53. The zero-order chi connectivity index (χ0) is 14.8. The first kappa shape index (κ1) is 14.1. The van der Waals surface area contributed by atoms with E-state index in [1.807, 2.05) is 0 Å². The minimum atomic E-state index is -1.44. The zero-order valence-electron chi connectivity index (χ0n) is 10.9. The van der Waals surface area contributed by atoms with E-state index in [-0.39, 0.29) is 30.9 Å². The van der Waals surface area contributed by atoms with Crippen LogP contribution in [0.3, 0.4) is 0 Å². The summed E-state index contributed by atoms with van der Waals surface area (Å²) >= 11 is 0. The Balaban J connectivity index is 2.21. The largest absolute Gasteiger partial charge is 0.507 e. The van der Waals surface area contributed by atoms with Crippen LogP contribution in [0, 0.1) is 0 Å². The Hall–Kier alpha value is -2.28. The normalized spacial score (nSPS) is 21.4. The Morgan fingerprint density at radius 3 is 2.70 bits per heavy atom. The molecule has 20 heavy (non-hydrogen) atoms. The Bertz CT molecular complexity index is 536. The Morgan fingerprint density at radius 1 is 1.45 bits per heavy atom. The molecule has 1 heterocycles. The van der Waals surface area contributed by atoms with Crippen molar-refractivity contribution in [2.75, 3.05) is 20.3 Å². The molecule has 0 aromatic heterocycles. The molecule has 7 nitrogen and oxygen atoms in total. The lowest BCUT2D eigenvalue weighted by Gasteiger charge is -2.23. The molecule has 1 aliphatic rings. The van der Waals surface area contributed by atoms with E-state index >= 15 is 0 Å². The average molecular weight is 281 g/mol. The molecule has 0 saturated carbocycles. The van der Waals surface area contributed by atoms with E-state index in [4.69, 9.17) is 9.47 Å². The first-order valence-corrected chi connectivity index (χ1v) is 5.99. The van der Waals surface area contributed by atoms with Gasteiger partial charge in [0.05, 0.1) is 19.3 Å². The van der Waals surface area contributed by atoms with Crippen LogP contribution < -0.4 is 10.1 Å². The molecule has 1 aromatic rings. The van der Waals surface area contributed by atoms with Crippen LogP contribution >= 0.6 is 0 Å². The summed E-state index contributed by atoms with van der Waals surface area (Å²) in [4.78, 5) is 23.4. The summed E-state index contributed by atoms with van der Waals surface area (Å²) in [6.45, 7) is 0.173. The van der Waals surface area contributed by atoms with Gasteiger partial charge in [-0.25, -0.2) is 4.79 Å². The Kier molecular flexibility index (Phi) is 3.80. The standard InChI is InChI=1S/C13H15NO6/c1-19-8-2-3-9(10(15)6-8)11(16)14-13(12(17)18)4-5-20-7-13/h2-3,6,15H,4-5,7H2,1H3,(H,14,16)(H,17,18). The summed E-state index contributed by atoms with van der Waals surface area (Å²) in [5.41, 5.74) is -1.46. The third-order valence-electron chi connectivity index (χ3n) is 3.23. The number of hydrogen-bond acceptors (Lipinski definition) is 5. The van der Waals surface area contributed by atoms with E-state index in [0.717, 1.165) is 0 Å². The molecule has 0 bridgehead atoms. The van der Waals surface area contributed by atoms with Crippen LogP contribution in [-0.4, -0.2) is 48.0 Å². The van der Waals surface area contributed by atoms with Gasteiger partial charge in [0.2, 0.25) is 0 Å². The van der Waals surface area contributed by atoms with Gasteiger partial charge in [-0.1, -0.05) is 0 Å². The molecule has 0 radical (unpaired) electrons. The number of ether oxygens (including phenoxy) is 2. The summed E-state index contributed by atoms with van der Waals surface area (Å²) < 4.78 is 9.96. The number of phenols is 1. The minimum absolute atomic E-state index is 0.0154. The zero-order valence-corrected chi connectivity index (χ0v) is 10.9. The van der Waals surface area contributed by atoms with E-state index in [1.165, 1.54) is 25.3 Å². The minimum Gasteiger partial charge on any atom is -0.507 e. The summed E-state index contributed by atoms with van der Waals surface area (Å²) in [7, 11) is 1.43. The molecule has 1 fully saturated rings. The first-order chi connectivity index (χ1) is 9.48. The molecular formula is C13H15NO6. The maximum atomic E-state index is 12.1. The fourth-order valence-electron chi connectivity index (χ4n) is 2.00. The third kappa shape index (κ3) is 2.53. The van der Waals surface area contributed by atoms with Crippen molar-refractivity contribution in [3.63, 3.8) is 0 Å². The number of phenolic OH excluding ortho intramolecular Hbond substituents is 1. The van der Waals surface area contributed by atoms with Gasteiger partial charge in [0.1, 0.15) is 11.5 Å². The molecule has 3 N–H and O–H groups in total. The second kappa shape index (κ2) is 5.38. The van der Waals surface area contributed by atoms with Crippen molar-refractivity contribution in [1.82, 2.24) is 5.32 Å².